The molecule has 74 valence electrons. The van der Waals surface area contributed by atoms with Crippen LogP contribution in [0, 0.1) is 0 Å². The monoisotopic (exact) mass is 199 g/mol. The number of rotatable bonds is 1. The number of aromatic amines is 2. The summed E-state index contributed by atoms with van der Waals surface area (Å²) in [7, 11) is 0. The molecule has 3 rings (SSSR count). The first kappa shape index (κ1) is 8.05. The number of nitrogen functional groups attached to an aromatic ring is 1. The molecule has 0 bridgehead atoms. The second-order valence-electron chi connectivity index (χ2n) is 3.35. The Labute approximate surface area is 85.3 Å². The number of nitrogens with zero attached hydrogens (tertiary/aromatic N) is 2. The molecule has 3 aromatic rings. The number of nitrogens with one attached hydrogen (secondary N) is 2. The summed E-state index contributed by atoms with van der Waals surface area (Å²) in [6.07, 6.45) is 1.79. The number of hydrogen-bond acceptors (Lipinski definition) is 3. The number of aromatic nitrogens is 4. The van der Waals surface area contributed by atoms with E-state index in [2.05, 4.69) is 20.4 Å². The molecule has 0 aliphatic rings. The zero-order valence-electron chi connectivity index (χ0n) is 7.86. The molecule has 0 atom stereocenters. The number of anilines is 1. The molecule has 0 amide bonds. The molecule has 0 spiro atoms. The lowest BCUT2D eigenvalue weighted by atomic mass is 10.1. The molecule has 4 N–H and O–H groups in total. The van der Waals surface area contributed by atoms with Gasteiger partial charge in [0.05, 0.1) is 17.4 Å². The summed E-state index contributed by atoms with van der Waals surface area (Å²) in [6.45, 7) is 0. The first-order chi connectivity index (χ1) is 7.34. The van der Waals surface area contributed by atoms with E-state index in [1.54, 1.807) is 12.3 Å². The Morgan fingerprint density at radius 1 is 1.20 bits per heavy atom. The van der Waals surface area contributed by atoms with Gasteiger partial charge in [-0.15, -0.1) is 0 Å². The minimum Gasteiger partial charge on any atom is -0.382 e. The molecule has 1 aromatic carbocycles. The fourth-order valence-corrected chi connectivity index (χ4v) is 1.67. The molecule has 0 aliphatic heterocycles. The minimum absolute atomic E-state index is 0.488. The summed E-state index contributed by atoms with van der Waals surface area (Å²) in [5.41, 5.74) is 8.47. The van der Waals surface area contributed by atoms with Gasteiger partial charge in [0.1, 0.15) is 5.82 Å². The normalized spacial score (nSPS) is 10.9. The van der Waals surface area contributed by atoms with E-state index in [0.717, 1.165) is 22.2 Å². The highest BCUT2D eigenvalue weighted by Gasteiger charge is 2.06. The lowest BCUT2D eigenvalue weighted by molar-refractivity contribution is 1.10. The third kappa shape index (κ3) is 1.17. The van der Waals surface area contributed by atoms with Crippen molar-refractivity contribution in [1.82, 2.24) is 20.4 Å². The maximum absolute atomic E-state index is 5.57. The summed E-state index contributed by atoms with van der Waals surface area (Å²) < 4.78 is 0. The lowest BCUT2D eigenvalue weighted by Crippen LogP contribution is -1.81. The molecule has 0 radical (unpaired) electrons. The van der Waals surface area contributed by atoms with Crippen molar-refractivity contribution in [1.29, 1.82) is 0 Å². The molecule has 2 heterocycles. The van der Waals surface area contributed by atoms with Crippen LogP contribution in [0.2, 0.25) is 0 Å². The van der Waals surface area contributed by atoms with Gasteiger partial charge in [-0.1, -0.05) is 18.2 Å². The van der Waals surface area contributed by atoms with Crippen molar-refractivity contribution in [2.75, 3.05) is 5.73 Å². The Hall–Kier alpha value is -2.30. The Morgan fingerprint density at radius 3 is 2.93 bits per heavy atom. The zero-order valence-corrected chi connectivity index (χ0v) is 7.86. The second kappa shape index (κ2) is 2.84. The van der Waals surface area contributed by atoms with Gasteiger partial charge in [-0.3, -0.25) is 10.2 Å². The molecular weight excluding hydrogens is 190 g/mol. The van der Waals surface area contributed by atoms with Crippen LogP contribution in [0.5, 0.6) is 0 Å². The molecule has 0 unspecified atom stereocenters. The van der Waals surface area contributed by atoms with Gasteiger partial charge in [-0.2, -0.15) is 10.2 Å². The summed E-state index contributed by atoms with van der Waals surface area (Å²) in [5.74, 6) is 0.488. The van der Waals surface area contributed by atoms with Crippen LogP contribution < -0.4 is 5.73 Å². The number of nitrogens with two attached hydrogens (primary N) is 1. The van der Waals surface area contributed by atoms with Crippen molar-refractivity contribution in [3.63, 3.8) is 0 Å². The van der Waals surface area contributed by atoms with Crippen LogP contribution in [0.15, 0.2) is 30.5 Å². The lowest BCUT2D eigenvalue weighted by Gasteiger charge is -1.98. The Balaban J connectivity index is 2.30. The van der Waals surface area contributed by atoms with E-state index >= 15 is 0 Å². The number of benzene rings is 1. The standard InChI is InChI=1S/C10H9N5/c11-9-4-8(13-14-9)7-3-1-2-6-5-12-15-10(6)7/h1-5H,(H,12,15)(H3,11,13,14). The van der Waals surface area contributed by atoms with Gasteiger partial charge in [0.2, 0.25) is 0 Å². The van der Waals surface area contributed by atoms with Crippen molar-refractivity contribution < 1.29 is 0 Å². The molecule has 15 heavy (non-hydrogen) atoms. The van der Waals surface area contributed by atoms with Gasteiger partial charge in [0, 0.05) is 17.0 Å². The number of hydrogen-bond donors (Lipinski definition) is 3. The first-order valence-electron chi connectivity index (χ1n) is 4.58. The predicted octanol–water partition coefficient (Wildman–Crippen LogP) is 1.54. The number of fused-ring (bicyclic) bond motifs is 1. The smallest absolute Gasteiger partial charge is 0.145 e. The van der Waals surface area contributed by atoms with Crippen LogP contribution in [0.4, 0.5) is 5.82 Å². The van der Waals surface area contributed by atoms with Crippen LogP contribution in [0.3, 0.4) is 0 Å². The summed E-state index contributed by atoms with van der Waals surface area (Å²) in [5, 5.41) is 14.8. The Bertz CT molecular complexity index is 607. The molecule has 0 saturated heterocycles. The Kier molecular flexibility index (Phi) is 1.53. The molecule has 0 fully saturated rings. The van der Waals surface area contributed by atoms with Crippen molar-refractivity contribution in [3.05, 3.63) is 30.5 Å². The van der Waals surface area contributed by atoms with E-state index in [1.165, 1.54) is 0 Å². The van der Waals surface area contributed by atoms with Crippen LogP contribution in [0.1, 0.15) is 0 Å². The van der Waals surface area contributed by atoms with E-state index in [4.69, 9.17) is 5.73 Å². The maximum atomic E-state index is 5.57. The fourth-order valence-electron chi connectivity index (χ4n) is 1.67. The van der Waals surface area contributed by atoms with E-state index in [0.29, 0.717) is 5.82 Å². The quantitative estimate of drug-likeness (QED) is 0.555. The average molecular weight is 199 g/mol. The SMILES string of the molecule is Nc1cc(-c2cccc3cn[nH]c23)[nH]n1. The van der Waals surface area contributed by atoms with Gasteiger partial charge in [0.15, 0.2) is 0 Å². The van der Waals surface area contributed by atoms with E-state index < -0.39 is 0 Å². The Morgan fingerprint density at radius 2 is 2.13 bits per heavy atom. The number of para-hydroxylation sites is 1. The van der Waals surface area contributed by atoms with Gasteiger partial charge >= 0.3 is 0 Å². The largest absolute Gasteiger partial charge is 0.382 e. The molecule has 5 heteroatoms. The van der Waals surface area contributed by atoms with Crippen molar-refractivity contribution >= 4 is 16.7 Å². The fraction of sp³-hybridized carbons (Fsp3) is 0. The third-order valence-electron chi connectivity index (χ3n) is 2.36. The topological polar surface area (TPSA) is 83.4 Å². The molecule has 0 saturated carbocycles. The van der Waals surface area contributed by atoms with Gasteiger partial charge < -0.3 is 5.73 Å². The van der Waals surface area contributed by atoms with Crippen LogP contribution in [0.25, 0.3) is 22.2 Å². The van der Waals surface area contributed by atoms with E-state index in [9.17, 15) is 0 Å². The van der Waals surface area contributed by atoms with E-state index in [-0.39, 0.29) is 0 Å². The van der Waals surface area contributed by atoms with E-state index in [1.807, 2.05) is 18.2 Å². The van der Waals surface area contributed by atoms with Gasteiger partial charge in [-0.25, -0.2) is 0 Å². The van der Waals surface area contributed by atoms with Crippen molar-refractivity contribution in [2.24, 2.45) is 0 Å². The summed E-state index contributed by atoms with van der Waals surface area (Å²) >= 11 is 0. The summed E-state index contributed by atoms with van der Waals surface area (Å²) in [6, 6.07) is 7.77. The first-order valence-corrected chi connectivity index (χ1v) is 4.58. The minimum atomic E-state index is 0.488. The van der Waals surface area contributed by atoms with Gasteiger partial charge in [-0.05, 0) is 0 Å². The molecule has 2 aromatic heterocycles. The molecule has 0 aliphatic carbocycles. The predicted molar refractivity (Wildman–Crippen MR) is 58.1 cm³/mol. The van der Waals surface area contributed by atoms with Gasteiger partial charge in [0.25, 0.3) is 0 Å². The van der Waals surface area contributed by atoms with Crippen molar-refractivity contribution in [2.45, 2.75) is 0 Å². The summed E-state index contributed by atoms with van der Waals surface area (Å²) in [4.78, 5) is 0. The van der Waals surface area contributed by atoms with Crippen LogP contribution >= 0.6 is 0 Å². The maximum Gasteiger partial charge on any atom is 0.145 e. The molecular formula is C10H9N5. The second-order valence-corrected chi connectivity index (χ2v) is 3.35. The third-order valence-corrected chi connectivity index (χ3v) is 2.36. The van der Waals surface area contributed by atoms with Crippen molar-refractivity contribution in [3.8, 4) is 11.3 Å². The average Bonchev–Trinajstić information content (AvgIpc) is 2.84. The number of H-pyrrole nitrogens is 2. The van der Waals surface area contributed by atoms with Crippen LogP contribution in [-0.4, -0.2) is 20.4 Å². The highest BCUT2D eigenvalue weighted by molar-refractivity contribution is 5.92. The van der Waals surface area contributed by atoms with Crippen LogP contribution in [-0.2, 0) is 0 Å². The highest BCUT2D eigenvalue weighted by Crippen LogP contribution is 2.25. The molecule has 5 nitrogen and oxygen atoms in total. The zero-order chi connectivity index (χ0) is 10.3. The highest BCUT2D eigenvalue weighted by atomic mass is 15.2.